The molecule has 5 nitrogen and oxygen atoms in total. The van der Waals surface area contributed by atoms with Crippen molar-refractivity contribution < 1.29 is 4.79 Å². The number of rotatable bonds is 7. The van der Waals surface area contributed by atoms with Gasteiger partial charge in [-0.05, 0) is 37.1 Å². The summed E-state index contributed by atoms with van der Waals surface area (Å²) in [7, 11) is 0. The van der Waals surface area contributed by atoms with E-state index in [9.17, 15) is 9.59 Å². The van der Waals surface area contributed by atoms with Crippen LogP contribution in [0.15, 0.2) is 52.9 Å². The third-order valence-corrected chi connectivity index (χ3v) is 6.11. The zero-order valence-electron chi connectivity index (χ0n) is 15.3. The van der Waals surface area contributed by atoms with Crippen molar-refractivity contribution in [1.29, 1.82) is 0 Å². The topological polar surface area (TPSA) is 64.0 Å². The molecule has 0 bridgehead atoms. The van der Waals surface area contributed by atoms with Crippen molar-refractivity contribution in [2.24, 2.45) is 0 Å². The molecule has 1 N–H and O–H groups in total. The van der Waals surface area contributed by atoms with Crippen LogP contribution in [0, 0.1) is 6.92 Å². The van der Waals surface area contributed by atoms with Crippen molar-refractivity contribution in [2.75, 3.05) is 11.1 Å². The van der Waals surface area contributed by atoms with E-state index < -0.39 is 0 Å². The molecule has 3 rings (SSSR count). The Balaban J connectivity index is 1.82. The van der Waals surface area contributed by atoms with Crippen LogP contribution in [-0.4, -0.2) is 21.2 Å². The number of allylic oxidation sites excluding steroid dienone is 1. The van der Waals surface area contributed by atoms with E-state index >= 15 is 0 Å². The van der Waals surface area contributed by atoms with Crippen LogP contribution < -0.4 is 10.9 Å². The first-order chi connectivity index (χ1) is 13.0. The Bertz CT molecular complexity index is 1050. The van der Waals surface area contributed by atoms with Crippen LogP contribution in [0.2, 0.25) is 0 Å². The molecule has 0 aliphatic rings. The molecule has 7 heteroatoms. The van der Waals surface area contributed by atoms with Gasteiger partial charge in [0.1, 0.15) is 4.83 Å². The molecule has 1 aromatic carbocycles. The lowest BCUT2D eigenvalue weighted by Gasteiger charge is -2.10. The average Bonchev–Trinajstić information content (AvgIpc) is 3.06. The molecule has 0 saturated carbocycles. The first-order valence-corrected chi connectivity index (χ1v) is 10.5. The van der Waals surface area contributed by atoms with Gasteiger partial charge in [-0.1, -0.05) is 36.9 Å². The predicted molar refractivity (Wildman–Crippen MR) is 114 cm³/mol. The number of hydrogen-bond donors (Lipinski definition) is 1. The van der Waals surface area contributed by atoms with Crippen molar-refractivity contribution in [3.8, 4) is 0 Å². The molecule has 0 saturated heterocycles. The van der Waals surface area contributed by atoms with E-state index in [4.69, 9.17) is 0 Å². The minimum atomic E-state index is -0.134. The highest BCUT2D eigenvalue weighted by molar-refractivity contribution is 7.99. The van der Waals surface area contributed by atoms with E-state index in [1.54, 1.807) is 10.6 Å². The number of thiophene rings is 1. The summed E-state index contributed by atoms with van der Waals surface area (Å²) in [4.78, 5) is 31.6. The average molecular weight is 400 g/mol. The van der Waals surface area contributed by atoms with E-state index in [-0.39, 0.29) is 17.2 Å². The maximum absolute atomic E-state index is 12.8. The van der Waals surface area contributed by atoms with Gasteiger partial charge in [-0.25, -0.2) is 4.98 Å². The fraction of sp³-hybridized carbons (Fsp3) is 0.250. The highest BCUT2D eigenvalue weighted by Gasteiger charge is 2.15. The van der Waals surface area contributed by atoms with Crippen molar-refractivity contribution >= 4 is 44.9 Å². The van der Waals surface area contributed by atoms with Crippen LogP contribution in [0.4, 0.5) is 5.69 Å². The van der Waals surface area contributed by atoms with E-state index in [2.05, 4.69) is 23.8 Å². The van der Waals surface area contributed by atoms with Gasteiger partial charge in [-0.2, -0.15) is 0 Å². The first-order valence-electron chi connectivity index (χ1n) is 8.65. The van der Waals surface area contributed by atoms with Crippen molar-refractivity contribution in [3.05, 3.63) is 63.8 Å². The number of nitrogens with one attached hydrogen (secondary N) is 1. The Labute approximate surface area is 166 Å². The summed E-state index contributed by atoms with van der Waals surface area (Å²) in [5.74, 6) is 0.0419. The minimum Gasteiger partial charge on any atom is -0.325 e. The molecular weight excluding hydrogens is 378 g/mol. The molecule has 0 aliphatic heterocycles. The SMILES string of the molecule is C=CCn1c(SCC(=O)Nc2cccc(C)c2)nc2sc(CC)cc2c1=O. The number of nitrogens with zero attached hydrogens (tertiary/aromatic N) is 2. The van der Waals surface area contributed by atoms with Gasteiger partial charge in [-0.15, -0.1) is 17.9 Å². The summed E-state index contributed by atoms with van der Waals surface area (Å²) in [6.45, 7) is 8.12. The molecule has 0 atom stereocenters. The van der Waals surface area contributed by atoms with Crippen LogP contribution in [0.3, 0.4) is 0 Å². The van der Waals surface area contributed by atoms with E-state index in [1.165, 1.54) is 23.1 Å². The number of benzene rings is 1. The van der Waals surface area contributed by atoms with Gasteiger partial charge in [0.15, 0.2) is 5.16 Å². The Morgan fingerprint density at radius 1 is 1.41 bits per heavy atom. The molecule has 3 aromatic rings. The van der Waals surface area contributed by atoms with Gasteiger partial charge in [0.05, 0.1) is 11.1 Å². The summed E-state index contributed by atoms with van der Waals surface area (Å²) in [5, 5.41) is 4.05. The van der Waals surface area contributed by atoms with Crippen LogP contribution in [-0.2, 0) is 17.8 Å². The Morgan fingerprint density at radius 3 is 2.93 bits per heavy atom. The van der Waals surface area contributed by atoms with Crippen molar-refractivity contribution in [1.82, 2.24) is 9.55 Å². The number of hydrogen-bond acceptors (Lipinski definition) is 5. The molecule has 0 radical (unpaired) electrons. The molecule has 0 unspecified atom stereocenters. The van der Waals surface area contributed by atoms with Crippen molar-refractivity contribution in [3.63, 3.8) is 0 Å². The van der Waals surface area contributed by atoms with Crippen LogP contribution in [0.25, 0.3) is 10.2 Å². The summed E-state index contributed by atoms with van der Waals surface area (Å²) in [6, 6.07) is 9.55. The zero-order chi connectivity index (χ0) is 19.4. The van der Waals surface area contributed by atoms with Gasteiger partial charge in [0.25, 0.3) is 5.56 Å². The number of fused-ring (bicyclic) bond motifs is 1. The lowest BCUT2D eigenvalue weighted by molar-refractivity contribution is -0.113. The molecule has 1 amide bonds. The van der Waals surface area contributed by atoms with Gasteiger partial charge < -0.3 is 5.32 Å². The molecular formula is C20H21N3O2S2. The monoisotopic (exact) mass is 399 g/mol. The number of carbonyl (C=O) groups is 1. The second-order valence-corrected chi connectivity index (χ2v) is 8.15. The van der Waals surface area contributed by atoms with Gasteiger partial charge in [-0.3, -0.25) is 14.2 Å². The summed E-state index contributed by atoms with van der Waals surface area (Å²) in [6.07, 6.45) is 2.53. The normalized spacial score (nSPS) is 10.9. The standard InChI is InChI=1S/C20H21N3O2S2/c1-4-9-23-19(25)16-11-15(5-2)27-18(16)22-20(23)26-12-17(24)21-14-8-6-7-13(3)10-14/h4,6-8,10-11H,1,5,9,12H2,2-3H3,(H,21,24). The lowest BCUT2D eigenvalue weighted by Crippen LogP contribution is -2.23. The fourth-order valence-electron chi connectivity index (χ4n) is 2.67. The second kappa shape index (κ2) is 8.54. The van der Waals surface area contributed by atoms with Gasteiger partial charge >= 0.3 is 0 Å². The number of aromatic nitrogens is 2. The summed E-state index contributed by atoms with van der Waals surface area (Å²) in [5.41, 5.74) is 1.76. The number of thioether (sulfide) groups is 1. The Morgan fingerprint density at radius 2 is 2.22 bits per heavy atom. The molecule has 2 aromatic heterocycles. The van der Waals surface area contributed by atoms with Gasteiger partial charge in [0, 0.05) is 17.1 Å². The Kier molecular flexibility index (Phi) is 6.13. The van der Waals surface area contributed by atoms with E-state index in [0.29, 0.717) is 17.1 Å². The molecule has 0 fully saturated rings. The molecule has 2 heterocycles. The zero-order valence-corrected chi connectivity index (χ0v) is 17.0. The summed E-state index contributed by atoms with van der Waals surface area (Å²) < 4.78 is 1.58. The molecule has 140 valence electrons. The van der Waals surface area contributed by atoms with Crippen molar-refractivity contribution in [2.45, 2.75) is 32.0 Å². The quantitative estimate of drug-likeness (QED) is 0.367. The highest BCUT2D eigenvalue weighted by atomic mass is 32.2. The Hall–Kier alpha value is -2.38. The fourth-order valence-corrected chi connectivity index (χ4v) is 4.49. The first kappa shape index (κ1) is 19.4. The maximum Gasteiger partial charge on any atom is 0.263 e. The van der Waals surface area contributed by atoms with E-state index in [0.717, 1.165) is 27.4 Å². The lowest BCUT2D eigenvalue weighted by atomic mass is 10.2. The van der Waals surface area contributed by atoms with E-state index in [1.807, 2.05) is 37.3 Å². The minimum absolute atomic E-state index is 0.0857. The van der Waals surface area contributed by atoms with Gasteiger partial charge in [0.2, 0.25) is 5.91 Å². The number of aryl methyl sites for hydroxylation is 2. The maximum atomic E-state index is 12.8. The third kappa shape index (κ3) is 4.48. The second-order valence-electron chi connectivity index (χ2n) is 6.09. The number of anilines is 1. The molecule has 0 aliphatic carbocycles. The smallest absolute Gasteiger partial charge is 0.263 e. The third-order valence-electron chi connectivity index (χ3n) is 3.96. The van der Waals surface area contributed by atoms with Crippen LogP contribution in [0.1, 0.15) is 17.4 Å². The summed E-state index contributed by atoms with van der Waals surface area (Å²) >= 11 is 2.79. The number of amides is 1. The van der Waals surface area contributed by atoms with Crippen LogP contribution >= 0.6 is 23.1 Å². The predicted octanol–water partition coefficient (Wildman–Crippen LogP) is 4.25. The van der Waals surface area contributed by atoms with Crippen LogP contribution in [0.5, 0.6) is 0 Å². The largest absolute Gasteiger partial charge is 0.325 e. The molecule has 0 spiro atoms. The molecule has 27 heavy (non-hydrogen) atoms. The highest BCUT2D eigenvalue weighted by Crippen LogP contribution is 2.25. The number of carbonyl (C=O) groups excluding carboxylic acids is 1.